The van der Waals surface area contributed by atoms with Gasteiger partial charge in [-0.2, -0.15) is 0 Å². The van der Waals surface area contributed by atoms with Crippen LogP contribution in [0.2, 0.25) is 0 Å². The van der Waals surface area contributed by atoms with Crippen molar-refractivity contribution in [2.45, 2.75) is 26.2 Å². The molecule has 0 amide bonds. The monoisotopic (exact) mass is 750 g/mol. The third-order valence-corrected chi connectivity index (χ3v) is 11.7. The van der Waals surface area contributed by atoms with Crippen molar-refractivity contribution >= 4 is 76.2 Å². The van der Waals surface area contributed by atoms with Gasteiger partial charge in [-0.3, -0.25) is 4.57 Å². The molecule has 0 bridgehead atoms. The van der Waals surface area contributed by atoms with E-state index in [1.54, 1.807) is 0 Å². The van der Waals surface area contributed by atoms with Crippen LogP contribution in [0.5, 0.6) is 0 Å². The molecule has 0 saturated carbocycles. The van der Waals surface area contributed by atoms with Gasteiger partial charge in [-0.15, -0.1) is 0 Å². The van der Waals surface area contributed by atoms with Crippen LogP contribution in [0.3, 0.4) is 0 Å². The number of hydrogen-bond donors (Lipinski definition) is 0. The Morgan fingerprint density at radius 1 is 0.483 bits per heavy atom. The van der Waals surface area contributed by atoms with E-state index >= 15 is 0 Å². The van der Waals surface area contributed by atoms with Crippen molar-refractivity contribution in [2.24, 2.45) is 6.98 Å². The fourth-order valence-electron chi connectivity index (χ4n) is 8.88. The second-order valence-corrected chi connectivity index (χ2v) is 16.1. The van der Waals surface area contributed by atoms with Crippen LogP contribution in [0.4, 0.5) is 0 Å². The third kappa shape index (κ3) is 5.23. The van der Waals surface area contributed by atoms with Gasteiger partial charge in [-0.1, -0.05) is 148 Å². The molecule has 4 heterocycles. The van der Waals surface area contributed by atoms with Gasteiger partial charge in [0.1, 0.15) is 5.82 Å². The van der Waals surface area contributed by atoms with E-state index in [4.69, 9.17) is 9.10 Å². The van der Waals surface area contributed by atoms with Crippen molar-refractivity contribution in [2.75, 3.05) is 0 Å². The molecule has 278 valence electrons. The molecule has 0 unspecified atom stereocenters. The van der Waals surface area contributed by atoms with Crippen molar-refractivity contribution < 1.29 is 8.68 Å². The quantitative estimate of drug-likeness (QED) is 0.131. The van der Waals surface area contributed by atoms with E-state index in [-0.39, 0.29) is 5.41 Å². The summed E-state index contributed by atoms with van der Waals surface area (Å²) in [6, 6.07) is 59.6. The molecule has 5 nitrogen and oxygen atoms in total. The number of fused-ring (bicyclic) bond motifs is 11. The average molecular weight is 751 g/mol. The second kappa shape index (κ2) is 12.9. The van der Waals surface area contributed by atoms with E-state index in [1.807, 2.05) is 35.0 Å². The van der Waals surface area contributed by atoms with Crippen molar-refractivity contribution in [3.8, 4) is 17.2 Å². The Balaban J connectivity index is 1.34. The maximum Gasteiger partial charge on any atom is 0.244 e. The Kier molecular flexibility index (Phi) is 6.88. The fraction of sp³-hybridized carbons (Fsp3) is 0.0943. The highest BCUT2D eigenvalue weighted by atomic mass is 15.1. The van der Waals surface area contributed by atoms with Crippen LogP contribution in [0, 0.1) is 6.33 Å². The molecule has 0 aliphatic rings. The summed E-state index contributed by atoms with van der Waals surface area (Å²) in [5.74, 6) is 0.865. The number of hydrogen-bond acceptors (Lipinski definition) is 1. The zero-order valence-corrected chi connectivity index (χ0v) is 32.5. The van der Waals surface area contributed by atoms with Gasteiger partial charge >= 0.3 is 0 Å². The molecule has 5 heteroatoms. The summed E-state index contributed by atoms with van der Waals surface area (Å²) in [4.78, 5) is 4.99. The minimum absolute atomic E-state index is 0.0619. The summed E-state index contributed by atoms with van der Waals surface area (Å²) in [6.45, 7) is 4.28. The van der Waals surface area contributed by atoms with Crippen LogP contribution in [0.15, 0.2) is 176 Å². The minimum atomic E-state index is -2.42. The first-order valence-electron chi connectivity index (χ1n) is 21.2. The number of para-hydroxylation sites is 4. The van der Waals surface area contributed by atoms with Crippen molar-refractivity contribution in [3.63, 3.8) is 0 Å². The molecular weight excluding hydrogens is 707 g/mol. The molecule has 0 radical (unpaired) electrons. The first kappa shape index (κ1) is 30.9. The van der Waals surface area contributed by atoms with E-state index < -0.39 is 6.98 Å². The van der Waals surface area contributed by atoms with E-state index in [9.17, 15) is 0 Å². The van der Waals surface area contributed by atoms with Gasteiger partial charge in [-0.05, 0) is 75.0 Å². The maximum atomic E-state index is 8.40. The molecule has 0 spiro atoms. The molecule has 11 rings (SSSR count). The highest BCUT2D eigenvalue weighted by molar-refractivity contribution is 6.20. The predicted octanol–water partition coefficient (Wildman–Crippen LogP) is 12.6. The first-order valence-corrected chi connectivity index (χ1v) is 19.7. The van der Waals surface area contributed by atoms with Crippen LogP contribution in [0.1, 0.15) is 30.4 Å². The lowest BCUT2D eigenvalue weighted by atomic mass is 9.88. The van der Waals surface area contributed by atoms with Crippen LogP contribution < -0.4 is 4.57 Å². The standard InChI is InChI=1S/C53H41N5/c1-53(2,3)35-29-30-54-52(31-35)58-47-22-12-10-20-43(47)45-28-26-37(33-51(45)58)57-46-21-11-9-19-42(46)40-17-7-5-15-38(40)39-16-6-8-18-41(39)44-27-25-36(32-50(44)57)56-34-55(4)48-23-13-14-24-49(48)56/h5-33H,1-4H3/i4D3. The van der Waals surface area contributed by atoms with Crippen LogP contribution >= 0.6 is 0 Å². The molecule has 0 N–H and O–H groups in total. The number of nitrogens with zero attached hydrogens (tertiary/aromatic N) is 5. The van der Waals surface area contributed by atoms with Crippen LogP contribution in [0.25, 0.3) is 93.4 Å². The summed E-state index contributed by atoms with van der Waals surface area (Å²) in [5.41, 5.74) is 8.29. The molecule has 11 aromatic rings. The smallest absolute Gasteiger partial charge is 0.244 e. The van der Waals surface area contributed by atoms with Gasteiger partial charge in [0, 0.05) is 38.9 Å². The molecule has 0 fully saturated rings. The minimum Gasteiger partial charge on any atom is -0.319 e. The largest absolute Gasteiger partial charge is 0.319 e. The molecule has 58 heavy (non-hydrogen) atoms. The van der Waals surface area contributed by atoms with Gasteiger partial charge in [-0.25, -0.2) is 4.98 Å². The number of imidazole rings is 1. The van der Waals surface area contributed by atoms with Gasteiger partial charge in [0.2, 0.25) is 6.33 Å². The molecule has 7 aromatic carbocycles. The lowest BCUT2D eigenvalue weighted by Crippen LogP contribution is -2.26. The number of aromatic nitrogens is 5. The molecule has 0 saturated heterocycles. The number of rotatable bonds is 3. The molecule has 0 aliphatic carbocycles. The number of aryl methyl sites for hydroxylation is 1. The fourth-order valence-corrected chi connectivity index (χ4v) is 8.88. The normalized spacial score (nSPS) is 13.1. The summed E-state index contributed by atoms with van der Waals surface area (Å²) >= 11 is 0. The van der Waals surface area contributed by atoms with Crippen molar-refractivity contribution in [3.05, 3.63) is 188 Å². The zero-order chi connectivity index (χ0) is 41.6. The van der Waals surface area contributed by atoms with Gasteiger partial charge in [0.25, 0.3) is 0 Å². The average Bonchev–Trinajstić information content (AvgIpc) is 3.84. The number of benzene rings is 7. The predicted molar refractivity (Wildman–Crippen MR) is 241 cm³/mol. The van der Waals surface area contributed by atoms with Crippen molar-refractivity contribution in [1.82, 2.24) is 18.7 Å². The van der Waals surface area contributed by atoms with Gasteiger partial charge in [0.15, 0.2) is 0 Å². The second-order valence-electron chi connectivity index (χ2n) is 16.1. The van der Waals surface area contributed by atoms with E-state index in [0.29, 0.717) is 5.52 Å². The van der Waals surface area contributed by atoms with Gasteiger partial charge in [0.05, 0.1) is 44.4 Å². The maximum absolute atomic E-state index is 8.40. The van der Waals surface area contributed by atoms with E-state index in [2.05, 4.69) is 182 Å². The highest BCUT2D eigenvalue weighted by Crippen LogP contribution is 2.38. The SMILES string of the molecule is [2H]C([2H])([2H])[n+]1[c-]n(-c2ccc3c4ccccc4c4ccccc4c4ccccc4n(-c4ccc5c6ccccc6n(-c6cc(C(C)(C)C)ccn6)c5c4)c3c2)c2ccccc21. The van der Waals surface area contributed by atoms with E-state index in [1.165, 1.54) is 10.1 Å². The van der Waals surface area contributed by atoms with Gasteiger partial charge < -0.3 is 13.7 Å². The Labute approximate surface area is 340 Å². The van der Waals surface area contributed by atoms with Crippen molar-refractivity contribution in [1.29, 1.82) is 0 Å². The molecular formula is C53H41N5. The summed E-state index contributed by atoms with van der Waals surface area (Å²) in [6.07, 6.45) is 5.14. The lowest BCUT2D eigenvalue weighted by molar-refractivity contribution is -0.649. The highest BCUT2D eigenvalue weighted by Gasteiger charge is 2.19. The summed E-state index contributed by atoms with van der Waals surface area (Å²) in [5, 5.41) is 8.90. The summed E-state index contributed by atoms with van der Waals surface area (Å²) < 4.78 is 33.0. The van der Waals surface area contributed by atoms with E-state index in [0.717, 1.165) is 87.9 Å². The Morgan fingerprint density at radius 3 is 1.62 bits per heavy atom. The van der Waals surface area contributed by atoms with Crippen LogP contribution in [-0.4, -0.2) is 18.7 Å². The first-order chi connectivity index (χ1) is 29.5. The summed E-state index contributed by atoms with van der Waals surface area (Å²) in [7, 11) is 0. The zero-order valence-electron chi connectivity index (χ0n) is 35.5. The Morgan fingerprint density at radius 2 is 0.966 bits per heavy atom. The molecule has 4 aromatic heterocycles. The third-order valence-electron chi connectivity index (χ3n) is 11.7. The lowest BCUT2D eigenvalue weighted by Gasteiger charge is -2.20. The van der Waals surface area contributed by atoms with Crippen LogP contribution in [-0.2, 0) is 12.4 Å². The molecule has 0 atom stereocenters. The Bertz CT molecular complexity index is 3640. The topological polar surface area (TPSA) is 31.6 Å². The molecule has 0 aliphatic heterocycles. The number of pyridine rings is 1. The Hall–Kier alpha value is -7.24.